The first kappa shape index (κ1) is 13.5. The zero-order valence-electron chi connectivity index (χ0n) is 12.0. The Morgan fingerprint density at radius 1 is 1.32 bits per heavy atom. The molecule has 1 aliphatic heterocycles. The van der Waals surface area contributed by atoms with Crippen LogP contribution in [0.3, 0.4) is 0 Å². The normalized spacial score (nSPS) is 24.3. The highest BCUT2D eigenvalue weighted by Crippen LogP contribution is 2.39. The van der Waals surface area contributed by atoms with Crippen molar-refractivity contribution in [3.05, 3.63) is 29.8 Å². The monoisotopic (exact) mass is 276 g/mol. The van der Waals surface area contributed by atoms with E-state index < -0.39 is 0 Å². The fourth-order valence-corrected chi connectivity index (χ4v) is 4.50. The Kier molecular flexibility index (Phi) is 3.88. The maximum atomic E-state index is 3.74. The molecule has 104 valence electrons. The lowest BCUT2D eigenvalue weighted by atomic mass is 9.75. The second kappa shape index (κ2) is 5.47. The zero-order chi connectivity index (χ0) is 13.3. The smallest absolute Gasteiger partial charge is 0.0327 e. The van der Waals surface area contributed by atoms with E-state index in [1.807, 2.05) is 11.8 Å². The molecule has 0 bridgehead atoms. The van der Waals surface area contributed by atoms with Gasteiger partial charge in [-0.2, -0.15) is 0 Å². The fourth-order valence-electron chi connectivity index (χ4n) is 3.24. The van der Waals surface area contributed by atoms with Crippen molar-refractivity contribution >= 4 is 11.8 Å². The Balaban J connectivity index is 1.54. The van der Waals surface area contributed by atoms with Crippen molar-refractivity contribution in [3.63, 3.8) is 0 Å². The number of likely N-dealkylation sites (N-methyl/N-ethyl adjacent to an activating group) is 1. The van der Waals surface area contributed by atoms with Crippen LogP contribution in [0.15, 0.2) is 29.2 Å². The molecule has 0 aromatic heterocycles. The topological polar surface area (TPSA) is 15.3 Å². The summed E-state index contributed by atoms with van der Waals surface area (Å²) in [6.45, 7) is 2.27. The zero-order valence-corrected chi connectivity index (χ0v) is 12.8. The van der Waals surface area contributed by atoms with Crippen LogP contribution >= 0.6 is 11.8 Å². The predicted octanol–water partition coefficient (Wildman–Crippen LogP) is 2.95. The van der Waals surface area contributed by atoms with E-state index in [-0.39, 0.29) is 0 Å². The van der Waals surface area contributed by atoms with Gasteiger partial charge >= 0.3 is 0 Å². The van der Waals surface area contributed by atoms with Crippen LogP contribution in [0.5, 0.6) is 0 Å². The second-order valence-corrected chi connectivity index (χ2v) is 7.21. The lowest BCUT2D eigenvalue weighted by Gasteiger charge is -2.47. The number of nitrogens with zero attached hydrogens (tertiary/aromatic N) is 1. The third-order valence-electron chi connectivity index (χ3n) is 4.88. The van der Waals surface area contributed by atoms with Crippen LogP contribution in [0.2, 0.25) is 0 Å². The molecular weight excluding hydrogens is 252 g/mol. The third kappa shape index (κ3) is 2.56. The summed E-state index contributed by atoms with van der Waals surface area (Å²) in [7, 11) is 4.45. The quantitative estimate of drug-likeness (QED) is 0.890. The van der Waals surface area contributed by atoms with Gasteiger partial charge in [-0.3, -0.25) is 0 Å². The maximum absolute atomic E-state index is 3.74. The van der Waals surface area contributed by atoms with Gasteiger partial charge in [-0.1, -0.05) is 18.2 Å². The predicted molar refractivity (Wildman–Crippen MR) is 83.0 cm³/mol. The van der Waals surface area contributed by atoms with Crippen LogP contribution < -0.4 is 5.32 Å². The minimum atomic E-state index is 0.436. The SMILES string of the molecule is CN(C)C1(CNCC2CSc3ccccc32)CCC1. The molecule has 2 aliphatic rings. The molecule has 1 fully saturated rings. The summed E-state index contributed by atoms with van der Waals surface area (Å²) >= 11 is 2.01. The highest BCUT2D eigenvalue weighted by molar-refractivity contribution is 7.99. The van der Waals surface area contributed by atoms with E-state index in [9.17, 15) is 0 Å². The van der Waals surface area contributed by atoms with E-state index in [4.69, 9.17) is 0 Å². The Morgan fingerprint density at radius 3 is 2.79 bits per heavy atom. The van der Waals surface area contributed by atoms with Gasteiger partial charge in [-0.05, 0) is 45.0 Å². The van der Waals surface area contributed by atoms with Gasteiger partial charge in [-0.15, -0.1) is 11.8 Å². The highest BCUT2D eigenvalue weighted by atomic mass is 32.2. The molecule has 19 heavy (non-hydrogen) atoms. The molecule has 1 atom stereocenters. The van der Waals surface area contributed by atoms with E-state index in [0.717, 1.165) is 13.1 Å². The average Bonchev–Trinajstić information content (AvgIpc) is 2.75. The van der Waals surface area contributed by atoms with Crippen molar-refractivity contribution in [1.29, 1.82) is 0 Å². The van der Waals surface area contributed by atoms with Gasteiger partial charge in [0.15, 0.2) is 0 Å². The molecule has 2 nitrogen and oxygen atoms in total. The minimum Gasteiger partial charge on any atom is -0.314 e. The number of rotatable bonds is 5. The Labute approximate surface area is 121 Å². The van der Waals surface area contributed by atoms with Gasteiger partial charge in [0.05, 0.1) is 0 Å². The molecule has 1 heterocycles. The molecule has 1 aromatic rings. The van der Waals surface area contributed by atoms with Crippen LogP contribution in [-0.2, 0) is 0 Å². The first-order chi connectivity index (χ1) is 9.21. The molecule has 3 rings (SSSR count). The van der Waals surface area contributed by atoms with E-state index in [1.54, 1.807) is 5.56 Å². The maximum Gasteiger partial charge on any atom is 0.0327 e. The molecule has 0 amide bonds. The molecule has 0 spiro atoms. The molecule has 1 aromatic carbocycles. The summed E-state index contributed by atoms with van der Waals surface area (Å²) in [5.41, 5.74) is 1.98. The summed E-state index contributed by atoms with van der Waals surface area (Å²) in [5, 5.41) is 3.74. The van der Waals surface area contributed by atoms with Gasteiger partial charge in [0, 0.05) is 35.2 Å². The summed E-state index contributed by atoms with van der Waals surface area (Å²) in [6.07, 6.45) is 4.09. The Morgan fingerprint density at radius 2 is 2.11 bits per heavy atom. The number of nitrogens with one attached hydrogen (secondary N) is 1. The van der Waals surface area contributed by atoms with E-state index in [1.165, 1.54) is 29.9 Å². The highest BCUT2D eigenvalue weighted by Gasteiger charge is 2.38. The van der Waals surface area contributed by atoms with Crippen molar-refractivity contribution in [3.8, 4) is 0 Å². The van der Waals surface area contributed by atoms with Crippen LogP contribution in [0, 0.1) is 0 Å². The minimum absolute atomic E-state index is 0.436. The number of benzene rings is 1. The van der Waals surface area contributed by atoms with Crippen LogP contribution in [0.25, 0.3) is 0 Å². The van der Waals surface area contributed by atoms with Gasteiger partial charge < -0.3 is 10.2 Å². The van der Waals surface area contributed by atoms with Gasteiger partial charge in [-0.25, -0.2) is 0 Å². The largest absolute Gasteiger partial charge is 0.314 e. The van der Waals surface area contributed by atoms with Gasteiger partial charge in [0.1, 0.15) is 0 Å². The van der Waals surface area contributed by atoms with E-state index in [0.29, 0.717) is 11.5 Å². The number of hydrogen-bond acceptors (Lipinski definition) is 3. The number of thioether (sulfide) groups is 1. The molecule has 3 heteroatoms. The lowest BCUT2D eigenvalue weighted by molar-refractivity contribution is 0.0600. The van der Waals surface area contributed by atoms with Crippen molar-refractivity contribution in [2.45, 2.75) is 35.6 Å². The summed E-state index contributed by atoms with van der Waals surface area (Å²) in [5.74, 6) is 1.93. The summed E-state index contributed by atoms with van der Waals surface area (Å²) in [6, 6.07) is 8.88. The second-order valence-electron chi connectivity index (χ2n) is 6.15. The molecule has 1 aliphatic carbocycles. The first-order valence-electron chi connectivity index (χ1n) is 7.31. The average molecular weight is 276 g/mol. The standard InChI is InChI=1S/C16H24N2S/c1-18(2)16(8-5-9-16)12-17-10-13-11-19-15-7-4-3-6-14(13)15/h3-4,6-7,13,17H,5,8-12H2,1-2H3. The molecule has 0 saturated heterocycles. The molecule has 1 N–H and O–H groups in total. The Hall–Kier alpha value is -0.510. The van der Waals surface area contributed by atoms with Gasteiger partial charge in [0.25, 0.3) is 0 Å². The molecule has 1 saturated carbocycles. The number of hydrogen-bond donors (Lipinski definition) is 1. The number of fused-ring (bicyclic) bond motifs is 1. The van der Waals surface area contributed by atoms with Crippen molar-refractivity contribution in [2.75, 3.05) is 32.9 Å². The van der Waals surface area contributed by atoms with Gasteiger partial charge in [0.2, 0.25) is 0 Å². The lowest BCUT2D eigenvalue weighted by Crippen LogP contribution is -2.56. The fraction of sp³-hybridized carbons (Fsp3) is 0.625. The van der Waals surface area contributed by atoms with Crippen LogP contribution in [-0.4, -0.2) is 43.4 Å². The third-order valence-corrected chi connectivity index (χ3v) is 6.13. The molecule has 0 radical (unpaired) electrons. The Bertz CT molecular complexity index is 440. The van der Waals surface area contributed by atoms with Crippen molar-refractivity contribution < 1.29 is 0 Å². The van der Waals surface area contributed by atoms with Crippen molar-refractivity contribution in [2.24, 2.45) is 0 Å². The molecular formula is C16H24N2S. The van der Waals surface area contributed by atoms with Crippen molar-refractivity contribution in [1.82, 2.24) is 10.2 Å². The van der Waals surface area contributed by atoms with E-state index in [2.05, 4.69) is 48.6 Å². The molecule has 1 unspecified atom stereocenters. The first-order valence-corrected chi connectivity index (χ1v) is 8.30. The summed E-state index contributed by atoms with van der Waals surface area (Å²) < 4.78 is 0. The van der Waals surface area contributed by atoms with Crippen LogP contribution in [0.4, 0.5) is 0 Å². The summed E-state index contributed by atoms with van der Waals surface area (Å²) in [4.78, 5) is 3.90. The van der Waals surface area contributed by atoms with Crippen LogP contribution in [0.1, 0.15) is 30.7 Å². The van der Waals surface area contributed by atoms with E-state index >= 15 is 0 Å².